The number of hydrogen-bond donors (Lipinski definition) is 0. The largest absolute Gasteiger partial charge is 0.0689 e. The van der Waals surface area contributed by atoms with Crippen molar-refractivity contribution in [1.29, 1.82) is 0 Å². The lowest BCUT2D eigenvalue weighted by Gasteiger charge is -2.10. The quantitative estimate of drug-likeness (QED) is 0.642. The lowest BCUT2D eigenvalue weighted by atomic mass is 9.94. The van der Waals surface area contributed by atoms with E-state index in [0.717, 1.165) is 6.42 Å². The van der Waals surface area contributed by atoms with Crippen molar-refractivity contribution in [3.63, 3.8) is 0 Å². The molecule has 0 spiro atoms. The summed E-state index contributed by atoms with van der Waals surface area (Å²) in [5, 5.41) is 2.70. The summed E-state index contributed by atoms with van der Waals surface area (Å²) >= 11 is 0. The molecule has 0 atom stereocenters. The molecule has 0 N–H and O–H groups in total. The van der Waals surface area contributed by atoms with E-state index >= 15 is 0 Å². The summed E-state index contributed by atoms with van der Waals surface area (Å²) in [6.07, 6.45) is 5.58. The van der Waals surface area contributed by atoms with Gasteiger partial charge in [-0.3, -0.25) is 0 Å². The number of benzene rings is 2. The second kappa shape index (κ2) is 3.89. The Hall–Kier alpha value is -1.82. The summed E-state index contributed by atoms with van der Waals surface area (Å²) in [5.74, 6) is 0. The molecule has 0 unspecified atom stereocenters. The third kappa shape index (κ3) is 1.70. The molecule has 0 saturated heterocycles. The van der Waals surface area contributed by atoms with Crippen LogP contribution in [0.5, 0.6) is 0 Å². The molecule has 1 aliphatic rings. The summed E-state index contributed by atoms with van der Waals surface area (Å²) in [5.41, 5.74) is 5.70. The van der Waals surface area contributed by atoms with Gasteiger partial charge in [-0.15, -0.1) is 0 Å². The molecule has 0 fully saturated rings. The van der Waals surface area contributed by atoms with E-state index in [9.17, 15) is 0 Å². The van der Waals surface area contributed by atoms with Crippen molar-refractivity contribution >= 4 is 16.3 Å². The summed E-state index contributed by atoms with van der Waals surface area (Å²) in [6, 6.07) is 13.1. The Morgan fingerprint density at radius 3 is 2.47 bits per heavy atom. The first kappa shape index (κ1) is 10.3. The Labute approximate surface area is 102 Å². The molecule has 2 aromatic carbocycles. The van der Waals surface area contributed by atoms with Gasteiger partial charge in [0.1, 0.15) is 0 Å². The van der Waals surface area contributed by atoms with Crippen molar-refractivity contribution in [2.45, 2.75) is 20.3 Å². The molecule has 2 aromatic rings. The SMILES string of the molecule is CC1=CC=C(c2ccc3ccccc3c2C)C1. The molecule has 3 rings (SSSR count). The number of rotatable bonds is 1. The molecule has 0 heteroatoms. The van der Waals surface area contributed by atoms with Gasteiger partial charge in [0.15, 0.2) is 0 Å². The highest BCUT2D eigenvalue weighted by molar-refractivity contribution is 5.91. The Kier molecular flexibility index (Phi) is 2.36. The van der Waals surface area contributed by atoms with E-state index in [1.807, 2.05) is 0 Å². The van der Waals surface area contributed by atoms with Gasteiger partial charge in [0, 0.05) is 0 Å². The molecule has 0 saturated carbocycles. The molecule has 0 aliphatic heterocycles. The van der Waals surface area contributed by atoms with E-state index in [2.05, 4.69) is 62.4 Å². The first-order valence-electron chi connectivity index (χ1n) is 6.11. The van der Waals surface area contributed by atoms with Gasteiger partial charge in [0.25, 0.3) is 0 Å². The van der Waals surface area contributed by atoms with Crippen LogP contribution in [-0.2, 0) is 0 Å². The van der Waals surface area contributed by atoms with Crippen LogP contribution in [0.25, 0.3) is 16.3 Å². The lowest BCUT2D eigenvalue weighted by molar-refractivity contribution is 1.25. The van der Waals surface area contributed by atoms with Crippen LogP contribution in [0.3, 0.4) is 0 Å². The maximum atomic E-state index is 2.26. The second-order valence-corrected chi connectivity index (χ2v) is 4.84. The number of fused-ring (bicyclic) bond motifs is 1. The predicted molar refractivity (Wildman–Crippen MR) is 75.0 cm³/mol. The highest BCUT2D eigenvalue weighted by atomic mass is 14.2. The topological polar surface area (TPSA) is 0 Å². The van der Waals surface area contributed by atoms with Gasteiger partial charge in [-0.05, 0) is 47.7 Å². The smallest absolute Gasteiger partial charge is 0.00607 e. The first-order chi connectivity index (χ1) is 8.25. The number of hydrogen-bond acceptors (Lipinski definition) is 0. The van der Waals surface area contributed by atoms with Gasteiger partial charge in [-0.25, -0.2) is 0 Å². The normalized spacial score (nSPS) is 14.9. The molecular weight excluding hydrogens is 204 g/mol. The maximum Gasteiger partial charge on any atom is -0.00607 e. The van der Waals surface area contributed by atoms with E-state index in [1.165, 1.54) is 33.0 Å². The van der Waals surface area contributed by atoms with E-state index in [4.69, 9.17) is 0 Å². The van der Waals surface area contributed by atoms with Gasteiger partial charge in [-0.1, -0.05) is 54.1 Å². The summed E-state index contributed by atoms with van der Waals surface area (Å²) in [6.45, 7) is 4.42. The Bertz CT molecular complexity index is 642. The summed E-state index contributed by atoms with van der Waals surface area (Å²) in [4.78, 5) is 0. The fourth-order valence-electron chi connectivity index (χ4n) is 2.62. The van der Waals surface area contributed by atoms with Crippen LogP contribution in [0.4, 0.5) is 0 Å². The molecule has 1 aliphatic carbocycles. The van der Waals surface area contributed by atoms with Crippen LogP contribution in [0.15, 0.2) is 54.1 Å². The zero-order valence-electron chi connectivity index (χ0n) is 10.3. The summed E-state index contributed by atoms with van der Waals surface area (Å²) in [7, 11) is 0. The van der Waals surface area contributed by atoms with E-state index < -0.39 is 0 Å². The lowest BCUT2D eigenvalue weighted by Crippen LogP contribution is -1.89. The Morgan fingerprint density at radius 2 is 1.71 bits per heavy atom. The van der Waals surface area contributed by atoms with Crippen molar-refractivity contribution in [1.82, 2.24) is 0 Å². The number of aryl methyl sites for hydroxylation is 1. The third-order valence-electron chi connectivity index (χ3n) is 3.58. The molecule has 0 radical (unpaired) electrons. The highest BCUT2D eigenvalue weighted by Gasteiger charge is 2.11. The van der Waals surface area contributed by atoms with Crippen LogP contribution in [0.2, 0.25) is 0 Å². The molecule has 0 heterocycles. The molecule has 0 bridgehead atoms. The Morgan fingerprint density at radius 1 is 0.882 bits per heavy atom. The second-order valence-electron chi connectivity index (χ2n) is 4.84. The minimum absolute atomic E-state index is 1.10. The van der Waals surface area contributed by atoms with E-state index in [-0.39, 0.29) is 0 Å². The Balaban J connectivity index is 2.16. The van der Waals surface area contributed by atoms with Crippen LogP contribution < -0.4 is 0 Å². The fourth-order valence-corrected chi connectivity index (χ4v) is 2.62. The monoisotopic (exact) mass is 220 g/mol. The average Bonchev–Trinajstić information content (AvgIpc) is 2.77. The van der Waals surface area contributed by atoms with E-state index in [1.54, 1.807) is 0 Å². The minimum atomic E-state index is 1.10. The minimum Gasteiger partial charge on any atom is -0.0689 e. The third-order valence-corrected chi connectivity index (χ3v) is 3.58. The van der Waals surface area contributed by atoms with Crippen molar-refractivity contribution in [3.05, 3.63) is 65.3 Å². The number of allylic oxidation sites excluding steroid dienone is 4. The predicted octanol–water partition coefficient (Wildman–Crippen LogP) is 4.88. The van der Waals surface area contributed by atoms with Crippen molar-refractivity contribution in [2.24, 2.45) is 0 Å². The van der Waals surface area contributed by atoms with Crippen LogP contribution in [0, 0.1) is 6.92 Å². The highest BCUT2D eigenvalue weighted by Crippen LogP contribution is 2.32. The van der Waals surface area contributed by atoms with Crippen molar-refractivity contribution < 1.29 is 0 Å². The van der Waals surface area contributed by atoms with Crippen molar-refractivity contribution in [3.8, 4) is 0 Å². The standard InChI is InChI=1S/C17H16/c1-12-7-8-15(11-12)17-10-9-14-5-3-4-6-16(14)13(17)2/h3-10H,11H2,1-2H3. The molecule has 0 nitrogen and oxygen atoms in total. The van der Waals surface area contributed by atoms with E-state index in [0.29, 0.717) is 0 Å². The summed E-state index contributed by atoms with van der Waals surface area (Å²) < 4.78 is 0. The zero-order chi connectivity index (χ0) is 11.8. The van der Waals surface area contributed by atoms with Gasteiger partial charge >= 0.3 is 0 Å². The molecule has 17 heavy (non-hydrogen) atoms. The molecule has 0 aromatic heterocycles. The fraction of sp³-hybridized carbons (Fsp3) is 0.176. The first-order valence-corrected chi connectivity index (χ1v) is 6.11. The van der Waals surface area contributed by atoms with Gasteiger partial charge in [0.05, 0.1) is 0 Å². The van der Waals surface area contributed by atoms with Crippen LogP contribution in [0.1, 0.15) is 24.5 Å². The van der Waals surface area contributed by atoms with Gasteiger partial charge in [-0.2, -0.15) is 0 Å². The molecular formula is C17H16. The zero-order valence-corrected chi connectivity index (χ0v) is 10.3. The van der Waals surface area contributed by atoms with Gasteiger partial charge < -0.3 is 0 Å². The van der Waals surface area contributed by atoms with Crippen LogP contribution >= 0.6 is 0 Å². The maximum absolute atomic E-state index is 2.26. The average molecular weight is 220 g/mol. The molecule has 0 amide bonds. The van der Waals surface area contributed by atoms with Crippen LogP contribution in [-0.4, -0.2) is 0 Å². The molecule has 84 valence electrons. The van der Waals surface area contributed by atoms with Gasteiger partial charge in [0.2, 0.25) is 0 Å². The van der Waals surface area contributed by atoms with Crippen molar-refractivity contribution in [2.75, 3.05) is 0 Å².